The number of allylic oxidation sites excluding steroid dienone is 1. The Labute approximate surface area is 184 Å². The van der Waals surface area contributed by atoms with Gasteiger partial charge in [-0.2, -0.15) is 0 Å². The minimum atomic E-state index is -1.13. The molecule has 0 spiro atoms. The van der Waals surface area contributed by atoms with E-state index in [1.165, 1.54) is 15.8 Å². The molecule has 4 rings (SSSR count). The largest absolute Gasteiger partial charge is 0.508 e. The van der Waals surface area contributed by atoms with Gasteiger partial charge in [-0.15, -0.1) is 11.3 Å². The zero-order valence-corrected chi connectivity index (χ0v) is 18.4. The van der Waals surface area contributed by atoms with Gasteiger partial charge in [0.2, 0.25) is 0 Å². The molecule has 3 N–H and O–H groups in total. The van der Waals surface area contributed by atoms with Gasteiger partial charge in [-0.05, 0) is 61.7 Å². The summed E-state index contributed by atoms with van der Waals surface area (Å²) in [6.45, 7) is 4.62. The van der Waals surface area contributed by atoms with Crippen LogP contribution in [0.25, 0.3) is 10.1 Å². The van der Waals surface area contributed by atoms with E-state index >= 15 is 0 Å². The molecule has 1 aromatic heterocycles. The molecule has 1 atom stereocenters. The van der Waals surface area contributed by atoms with Crippen molar-refractivity contribution in [1.82, 2.24) is 10.2 Å². The Morgan fingerprint density at radius 3 is 2.68 bits per heavy atom. The monoisotopic (exact) mass is 442 g/mol. The van der Waals surface area contributed by atoms with Crippen molar-refractivity contribution in [3.8, 4) is 0 Å². The Balaban J connectivity index is 1.50. The number of hydrogen-bond acceptors (Lipinski definition) is 7. The molecule has 0 radical (unpaired) electrons. The Bertz CT molecular complexity index is 1070. The Morgan fingerprint density at radius 2 is 1.97 bits per heavy atom. The molecular formula is C22H26N4O4S. The number of anilines is 1. The van der Waals surface area contributed by atoms with E-state index in [1.54, 1.807) is 18.3 Å². The zero-order valence-electron chi connectivity index (χ0n) is 17.5. The first-order valence-corrected chi connectivity index (χ1v) is 11.2. The number of amidine groups is 1. The summed E-state index contributed by atoms with van der Waals surface area (Å²) in [5, 5.41) is 25.3. The Kier molecular flexibility index (Phi) is 5.86. The van der Waals surface area contributed by atoms with Crippen molar-refractivity contribution >= 4 is 44.8 Å². The summed E-state index contributed by atoms with van der Waals surface area (Å²) in [7, 11) is 0. The minimum Gasteiger partial charge on any atom is -0.508 e. The number of aliphatic carboxylic acids is 1. The van der Waals surface area contributed by atoms with E-state index in [4.69, 9.17) is 5.11 Å². The van der Waals surface area contributed by atoms with Crippen LogP contribution in [0.2, 0.25) is 0 Å². The molecule has 1 fully saturated rings. The van der Waals surface area contributed by atoms with Crippen LogP contribution >= 0.6 is 11.3 Å². The van der Waals surface area contributed by atoms with Crippen LogP contribution in [0.4, 0.5) is 5.69 Å². The van der Waals surface area contributed by atoms with E-state index in [-0.39, 0.29) is 11.8 Å². The molecule has 1 unspecified atom stereocenters. The number of carbonyl (C=O) groups excluding carboxylic acids is 1. The molecular weight excluding hydrogens is 416 g/mol. The molecule has 8 nitrogen and oxygen atoms in total. The third-order valence-electron chi connectivity index (χ3n) is 5.93. The second kappa shape index (κ2) is 8.58. The van der Waals surface area contributed by atoms with Gasteiger partial charge in [-0.1, -0.05) is 0 Å². The van der Waals surface area contributed by atoms with Crippen LogP contribution in [0.5, 0.6) is 0 Å². The smallest absolute Gasteiger partial charge is 0.322 e. The number of rotatable bonds is 5. The molecule has 2 aliphatic heterocycles. The number of carboxylic acids is 1. The van der Waals surface area contributed by atoms with Gasteiger partial charge in [0.15, 0.2) is 6.04 Å². The number of carboxylic acid groups (broad SMARTS) is 1. The Morgan fingerprint density at radius 1 is 1.23 bits per heavy atom. The van der Waals surface area contributed by atoms with Gasteiger partial charge in [0.25, 0.3) is 5.91 Å². The fourth-order valence-electron chi connectivity index (χ4n) is 4.41. The molecule has 2 aliphatic rings. The van der Waals surface area contributed by atoms with Gasteiger partial charge in [0.1, 0.15) is 18.1 Å². The lowest BCUT2D eigenvalue weighted by Gasteiger charge is -2.44. The third-order valence-corrected chi connectivity index (χ3v) is 6.83. The van der Waals surface area contributed by atoms with Crippen LogP contribution in [-0.4, -0.2) is 64.5 Å². The lowest BCUT2D eigenvalue weighted by atomic mass is 9.97. The Hall–Kier alpha value is -3.07. The molecule has 0 aliphatic carbocycles. The molecule has 164 valence electrons. The summed E-state index contributed by atoms with van der Waals surface area (Å²) in [6.07, 6.45) is 1.59. The number of carbonyl (C=O) groups is 2. The molecule has 9 heteroatoms. The number of fused-ring (bicyclic) bond motifs is 1. The maximum absolute atomic E-state index is 12.8. The molecule has 31 heavy (non-hydrogen) atoms. The number of thiophene rings is 1. The molecule has 1 aromatic carbocycles. The average molecular weight is 443 g/mol. The summed E-state index contributed by atoms with van der Waals surface area (Å²) >= 11 is 1.73. The van der Waals surface area contributed by atoms with E-state index in [0.29, 0.717) is 11.5 Å². The van der Waals surface area contributed by atoms with Gasteiger partial charge >= 0.3 is 5.97 Å². The van der Waals surface area contributed by atoms with Crippen molar-refractivity contribution in [3.63, 3.8) is 0 Å². The van der Waals surface area contributed by atoms with Crippen molar-refractivity contribution in [2.45, 2.75) is 38.8 Å². The number of benzene rings is 1. The summed E-state index contributed by atoms with van der Waals surface area (Å²) in [6, 6.07) is 7.68. The van der Waals surface area contributed by atoms with Crippen LogP contribution in [0.1, 0.15) is 26.7 Å². The van der Waals surface area contributed by atoms with E-state index in [1.807, 2.05) is 11.8 Å². The highest BCUT2D eigenvalue weighted by Crippen LogP contribution is 2.31. The van der Waals surface area contributed by atoms with Crippen molar-refractivity contribution in [3.05, 3.63) is 41.1 Å². The highest BCUT2D eigenvalue weighted by atomic mass is 32.1. The second-order valence-electron chi connectivity index (χ2n) is 7.91. The number of piperidine rings is 1. The maximum Gasteiger partial charge on any atom is 0.322 e. The highest BCUT2D eigenvalue weighted by Gasteiger charge is 2.40. The quantitative estimate of drug-likeness (QED) is 0.658. The topological polar surface area (TPSA) is 105 Å². The first-order valence-electron chi connectivity index (χ1n) is 10.3. The summed E-state index contributed by atoms with van der Waals surface area (Å²) in [5.41, 5.74) is 1.56. The number of aliphatic hydroxyl groups is 1. The fraction of sp³-hybridized carbons (Fsp3) is 0.409. The van der Waals surface area contributed by atoms with Crippen LogP contribution in [-0.2, 0) is 9.59 Å². The number of aliphatic imine (C=N–C) groups is 1. The van der Waals surface area contributed by atoms with Crippen LogP contribution in [0, 0.1) is 0 Å². The molecule has 3 heterocycles. The zero-order chi connectivity index (χ0) is 22.1. The molecule has 2 aromatic rings. The van der Waals surface area contributed by atoms with Gasteiger partial charge in [-0.25, -0.2) is 4.99 Å². The van der Waals surface area contributed by atoms with Gasteiger partial charge < -0.3 is 25.3 Å². The lowest BCUT2D eigenvalue weighted by Crippen LogP contribution is -2.58. The van der Waals surface area contributed by atoms with Crippen molar-refractivity contribution in [2.75, 3.05) is 24.5 Å². The highest BCUT2D eigenvalue weighted by molar-refractivity contribution is 7.17. The van der Waals surface area contributed by atoms with E-state index < -0.39 is 24.5 Å². The van der Waals surface area contributed by atoms with E-state index in [0.717, 1.165) is 25.9 Å². The van der Waals surface area contributed by atoms with Crippen molar-refractivity contribution < 1.29 is 19.8 Å². The summed E-state index contributed by atoms with van der Waals surface area (Å²) in [4.78, 5) is 32.3. The van der Waals surface area contributed by atoms with Crippen LogP contribution in [0.15, 0.2) is 46.1 Å². The predicted molar refractivity (Wildman–Crippen MR) is 122 cm³/mol. The second-order valence-corrected chi connectivity index (χ2v) is 8.86. The first kappa shape index (κ1) is 21.2. The number of nitrogens with one attached hydrogen (secondary N) is 1. The van der Waals surface area contributed by atoms with Gasteiger partial charge in [-0.3, -0.25) is 9.59 Å². The van der Waals surface area contributed by atoms with Gasteiger partial charge in [0.05, 0.1) is 5.70 Å². The SMILES string of the molecule is CC1=NC(C)=C(O)C(C(=O)NCC(=O)O)N1C1CCN(c2ccc3sccc3c2)CC1. The number of nitrogens with zero attached hydrogens (tertiary/aromatic N) is 3. The van der Waals surface area contributed by atoms with Crippen LogP contribution < -0.4 is 10.2 Å². The third kappa shape index (κ3) is 4.23. The molecule has 1 saturated heterocycles. The molecule has 0 saturated carbocycles. The van der Waals surface area contributed by atoms with E-state index in [9.17, 15) is 14.7 Å². The maximum atomic E-state index is 12.8. The molecule has 1 amide bonds. The standard InChI is InChI=1S/C22H26N4O4S/c1-13-21(29)20(22(30)23-12-19(27)28)26(14(2)24-13)16-5-8-25(9-6-16)17-3-4-18-15(11-17)7-10-31-18/h3-4,7,10-11,16,20,29H,5-6,8-9,12H2,1-2H3,(H,23,30)(H,27,28). The fourth-order valence-corrected chi connectivity index (χ4v) is 5.18. The first-order chi connectivity index (χ1) is 14.8. The predicted octanol–water partition coefficient (Wildman–Crippen LogP) is 2.96. The van der Waals surface area contributed by atoms with Crippen LogP contribution in [0.3, 0.4) is 0 Å². The number of hydrogen-bond donors (Lipinski definition) is 3. The molecule has 0 bridgehead atoms. The minimum absolute atomic E-state index is 0.0145. The summed E-state index contributed by atoms with van der Waals surface area (Å²) < 4.78 is 1.27. The average Bonchev–Trinajstić information content (AvgIpc) is 3.22. The van der Waals surface area contributed by atoms with E-state index in [2.05, 4.69) is 44.9 Å². The lowest BCUT2D eigenvalue weighted by molar-refractivity contribution is -0.138. The normalized spacial score (nSPS) is 20.2. The number of amides is 1. The number of aliphatic hydroxyl groups excluding tert-OH is 1. The summed E-state index contributed by atoms with van der Waals surface area (Å²) in [5.74, 6) is -1.13. The van der Waals surface area contributed by atoms with Crippen molar-refractivity contribution in [2.24, 2.45) is 4.99 Å². The van der Waals surface area contributed by atoms with Crippen molar-refractivity contribution in [1.29, 1.82) is 0 Å². The van der Waals surface area contributed by atoms with Gasteiger partial charge in [0, 0.05) is 29.5 Å².